The maximum absolute atomic E-state index is 12.3. The Morgan fingerprint density at radius 2 is 1.69 bits per heavy atom. The molecule has 3 aliphatic heterocycles. The molecule has 0 spiro atoms. The summed E-state index contributed by atoms with van der Waals surface area (Å²) in [6, 6.07) is 8.57. The molecular weight excluding hydrogens is 408 g/mol. The molecule has 174 valence electrons. The summed E-state index contributed by atoms with van der Waals surface area (Å²) in [4.78, 5) is 42.5. The Morgan fingerprint density at radius 3 is 2.31 bits per heavy atom. The number of nitrogens with one attached hydrogen (secondary N) is 1. The third kappa shape index (κ3) is 5.23. The molecule has 1 N–H and O–H groups in total. The number of rotatable bonds is 3. The molecule has 2 unspecified atom stereocenters. The molecular formula is C24H34N4O4. The van der Waals surface area contributed by atoms with Gasteiger partial charge in [0.2, 0.25) is 11.8 Å². The smallest absolute Gasteiger partial charge is 0.410 e. The van der Waals surface area contributed by atoms with E-state index in [1.807, 2.05) is 37.8 Å². The monoisotopic (exact) mass is 442 g/mol. The zero-order valence-corrected chi connectivity index (χ0v) is 19.3. The van der Waals surface area contributed by atoms with Crippen LogP contribution in [0.2, 0.25) is 0 Å². The van der Waals surface area contributed by atoms with E-state index in [9.17, 15) is 14.4 Å². The van der Waals surface area contributed by atoms with Crippen LogP contribution in [0.3, 0.4) is 0 Å². The molecule has 3 heterocycles. The second kappa shape index (κ2) is 9.10. The second-order valence-corrected chi connectivity index (χ2v) is 9.99. The number of hydrogen-bond donors (Lipinski definition) is 1. The summed E-state index contributed by atoms with van der Waals surface area (Å²) in [5.74, 6) is -0.620. The highest BCUT2D eigenvalue weighted by atomic mass is 16.6. The van der Waals surface area contributed by atoms with Gasteiger partial charge in [0.15, 0.2) is 0 Å². The Labute approximate surface area is 189 Å². The number of piperazine rings is 1. The Hall–Kier alpha value is -2.61. The number of benzene rings is 1. The van der Waals surface area contributed by atoms with Gasteiger partial charge >= 0.3 is 6.09 Å². The molecule has 1 aromatic carbocycles. The van der Waals surface area contributed by atoms with Crippen LogP contribution >= 0.6 is 0 Å². The van der Waals surface area contributed by atoms with Crippen molar-refractivity contribution >= 4 is 23.6 Å². The first-order valence-electron chi connectivity index (χ1n) is 11.6. The second-order valence-electron chi connectivity index (χ2n) is 9.99. The van der Waals surface area contributed by atoms with E-state index in [1.165, 1.54) is 0 Å². The standard InChI is InChI=1S/C24H34N4O4/c1-24(2,3)32-23(31)28-11-10-19(16-28)27-14-12-26(13-15-27)18-6-4-17(5-7-18)20-8-9-21(29)25-22(20)30/h4-7,19-20H,8-16H2,1-3H3,(H,25,29,30). The number of hydrogen-bond acceptors (Lipinski definition) is 6. The van der Waals surface area contributed by atoms with E-state index < -0.39 is 5.60 Å². The van der Waals surface area contributed by atoms with Crippen LogP contribution in [0.5, 0.6) is 0 Å². The van der Waals surface area contributed by atoms with Crippen LogP contribution in [-0.2, 0) is 14.3 Å². The number of carbonyl (C=O) groups excluding carboxylic acids is 3. The van der Waals surface area contributed by atoms with E-state index in [4.69, 9.17) is 4.74 Å². The van der Waals surface area contributed by atoms with Crippen molar-refractivity contribution in [2.45, 2.75) is 57.6 Å². The number of imide groups is 1. The molecule has 8 heteroatoms. The minimum atomic E-state index is -0.464. The van der Waals surface area contributed by atoms with Crippen molar-refractivity contribution in [1.82, 2.24) is 15.1 Å². The number of nitrogens with zero attached hydrogens (tertiary/aromatic N) is 3. The lowest BCUT2D eigenvalue weighted by Gasteiger charge is -2.39. The fourth-order valence-electron chi connectivity index (χ4n) is 4.81. The molecule has 8 nitrogen and oxygen atoms in total. The summed E-state index contributed by atoms with van der Waals surface area (Å²) < 4.78 is 5.52. The highest BCUT2D eigenvalue weighted by Gasteiger charge is 2.34. The van der Waals surface area contributed by atoms with Gasteiger partial charge in [-0.1, -0.05) is 12.1 Å². The van der Waals surface area contributed by atoms with Gasteiger partial charge < -0.3 is 14.5 Å². The molecule has 3 aliphatic rings. The number of likely N-dealkylation sites (tertiary alicyclic amines) is 1. The van der Waals surface area contributed by atoms with Gasteiger partial charge in [-0.3, -0.25) is 19.8 Å². The van der Waals surface area contributed by atoms with Gasteiger partial charge in [-0.25, -0.2) is 4.79 Å². The molecule has 3 fully saturated rings. The van der Waals surface area contributed by atoms with Crippen molar-refractivity contribution in [2.24, 2.45) is 0 Å². The van der Waals surface area contributed by atoms with Crippen LogP contribution in [0, 0.1) is 0 Å². The minimum absolute atomic E-state index is 0.183. The molecule has 0 aliphatic carbocycles. The first kappa shape index (κ1) is 22.6. The molecule has 0 radical (unpaired) electrons. The minimum Gasteiger partial charge on any atom is -0.444 e. The lowest BCUT2D eigenvalue weighted by atomic mass is 9.90. The first-order valence-corrected chi connectivity index (χ1v) is 11.6. The van der Waals surface area contributed by atoms with E-state index in [0.29, 0.717) is 18.9 Å². The van der Waals surface area contributed by atoms with E-state index in [1.54, 1.807) is 0 Å². The highest BCUT2D eigenvalue weighted by Crippen LogP contribution is 2.28. The Bertz CT molecular complexity index is 856. The quantitative estimate of drug-likeness (QED) is 0.724. The summed E-state index contributed by atoms with van der Waals surface area (Å²) in [5.41, 5.74) is 1.65. The molecule has 1 aromatic rings. The lowest BCUT2D eigenvalue weighted by molar-refractivity contribution is -0.134. The summed E-state index contributed by atoms with van der Waals surface area (Å²) in [7, 11) is 0. The Morgan fingerprint density at radius 1 is 1.00 bits per heavy atom. The van der Waals surface area contributed by atoms with Crippen LogP contribution in [0.4, 0.5) is 10.5 Å². The number of piperidine rings is 1. The fourth-order valence-corrected chi connectivity index (χ4v) is 4.81. The molecule has 0 aromatic heterocycles. The predicted octanol–water partition coefficient (Wildman–Crippen LogP) is 2.34. The zero-order chi connectivity index (χ0) is 22.9. The molecule has 2 atom stereocenters. The molecule has 0 saturated carbocycles. The van der Waals surface area contributed by atoms with E-state index in [2.05, 4.69) is 27.2 Å². The maximum Gasteiger partial charge on any atom is 0.410 e. The van der Waals surface area contributed by atoms with Crippen molar-refractivity contribution in [3.63, 3.8) is 0 Å². The van der Waals surface area contributed by atoms with Crippen molar-refractivity contribution in [3.8, 4) is 0 Å². The molecule has 4 rings (SSSR count). The van der Waals surface area contributed by atoms with Gasteiger partial charge in [0.1, 0.15) is 5.60 Å². The molecule has 0 bridgehead atoms. The third-order valence-corrected chi connectivity index (χ3v) is 6.55. The first-order chi connectivity index (χ1) is 15.2. The molecule has 3 amide bonds. The normalized spacial score (nSPS) is 25.1. The SMILES string of the molecule is CC(C)(C)OC(=O)N1CCC(N2CCN(c3ccc(C4CCC(=O)NC4=O)cc3)CC2)C1. The summed E-state index contributed by atoms with van der Waals surface area (Å²) in [5, 5.41) is 2.43. The number of amides is 3. The topological polar surface area (TPSA) is 82.2 Å². The highest BCUT2D eigenvalue weighted by molar-refractivity contribution is 6.00. The molecule has 3 saturated heterocycles. The summed E-state index contributed by atoms with van der Waals surface area (Å²) in [6.45, 7) is 11.0. The van der Waals surface area contributed by atoms with Gasteiger partial charge in [-0.15, -0.1) is 0 Å². The van der Waals surface area contributed by atoms with E-state index in [-0.39, 0.29) is 23.8 Å². The average molecular weight is 443 g/mol. The summed E-state index contributed by atoms with van der Waals surface area (Å²) in [6.07, 6.45) is 1.74. The van der Waals surface area contributed by atoms with E-state index >= 15 is 0 Å². The summed E-state index contributed by atoms with van der Waals surface area (Å²) >= 11 is 0. The predicted molar refractivity (Wildman–Crippen MR) is 122 cm³/mol. The Kier molecular flexibility index (Phi) is 6.42. The molecule has 32 heavy (non-hydrogen) atoms. The van der Waals surface area contributed by atoms with Gasteiger partial charge in [0.25, 0.3) is 0 Å². The van der Waals surface area contributed by atoms with Crippen molar-refractivity contribution in [2.75, 3.05) is 44.2 Å². The van der Waals surface area contributed by atoms with Crippen molar-refractivity contribution in [1.29, 1.82) is 0 Å². The number of anilines is 1. The van der Waals surface area contributed by atoms with Crippen LogP contribution in [0.15, 0.2) is 24.3 Å². The van der Waals surface area contributed by atoms with Gasteiger partial charge in [-0.05, 0) is 51.3 Å². The number of carbonyl (C=O) groups is 3. The van der Waals surface area contributed by atoms with Crippen molar-refractivity contribution < 1.29 is 19.1 Å². The van der Waals surface area contributed by atoms with Gasteiger partial charge in [0.05, 0.1) is 5.92 Å². The van der Waals surface area contributed by atoms with E-state index in [0.717, 1.165) is 56.9 Å². The lowest BCUT2D eigenvalue weighted by Crippen LogP contribution is -2.51. The van der Waals surface area contributed by atoms with Gasteiger partial charge in [0, 0.05) is 57.4 Å². The average Bonchev–Trinajstić information content (AvgIpc) is 3.24. The fraction of sp³-hybridized carbons (Fsp3) is 0.625. The van der Waals surface area contributed by atoms with Crippen LogP contribution in [-0.4, -0.2) is 78.6 Å². The van der Waals surface area contributed by atoms with Crippen LogP contribution in [0.25, 0.3) is 0 Å². The van der Waals surface area contributed by atoms with Crippen LogP contribution < -0.4 is 10.2 Å². The van der Waals surface area contributed by atoms with Gasteiger partial charge in [-0.2, -0.15) is 0 Å². The zero-order valence-electron chi connectivity index (χ0n) is 19.3. The van der Waals surface area contributed by atoms with Crippen LogP contribution in [0.1, 0.15) is 51.5 Å². The third-order valence-electron chi connectivity index (χ3n) is 6.55. The maximum atomic E-state index is 12.3. The van der Waals surface area contributed by atoms with Crippen molar-refractivity contribution in [3.05, 3.63) is 29.8 Å². The number of ether oxygens (including phenoxy) is 1. The largest absolute Gasteiger partial charge is 0.444 e. The Balaban J connectivity index is 1.27.